The number of para-hydroxylation sites is 1. The van der Waals surface area contributed by atoms with Crippen LogP contribution in [0.25, 0.3) is 91.9 Å². The Morgan fingerprint density at radius 2 is 1.31 bits per heavy atom. The van der Waals surface area contributed by atoms with Crippen LogP contribution in [0.15, 0.2) is 144 Å². The van der Waals surface area contributed by atoms with Crippen LogP contribution >= 0.6 is 11.3 Å². The SMILES string of the molecule is CC1(C)c2ccccc2-c2ccc3c(c21)c1ccccc1n3-c1ccc2oc3cc(-c4cccc5sc6ccccc6c45)ccc3c2c1. The van der Waals surface area contributed by atoms with Crippen LogP contribution in [-0.2, 0) is 5.41 Å². The molecule has 0 fully saturated rings. The van der Waals surface area contributed by atoms with E-state index in [9.17, 15) is 0 Å². The molecule has 0 saturated heterocycles. The zero-order chi connectivity index (χ0) is 31.7. The average Bonchev–Trinajstić information content (AvgIpc) is 3.84. The van der Waals surface area contributed by atoms with Gasteiger partial charge in [-0.3, -0.25) is 0 Å². The van der Waals surface area contributed by atoms with Crippen molar-refractivity contribution in [1.29, 1.82) is 0 Å². The van der Waals surface area contributed by atoms with E-state index >= 15 is 0 Å². The maximum atomic E-state index is 6.56. The van der Waals surface area contributed by atoms with E-state index in [0.717, 1.165) is 27.6 Å². The molecule has 0 bridgehead atoms. The smallest absolute Gasteiger partial charge is 0.136 e. The molecule has 48 heavy (non-hydrogen) atoms. The van der Waals surface area contributed by atoms with Crippen LogP contribution in [0.2, 0.25) is 0 Å². The molecule has 0 radical (unpaired) electrons. The molecule has 3 heterocycles. The van der Waals surface area contributed by atoms with Crippen molar-refractivity contribution in [1.82, 2.24) is 4.57 Å². The first-order valence-electron chi connectivity index (χ1n) is 16.6. The number of hydrogen-bond donors (Lipinski definition) is 0. The molecule has 0 saturated carbocycles. The molecule has 11 rings (SSSR count). The summed E-state index contributed by atoms with van der Waals surface area (Å²) in [6.07, 6.45) is 0. The third kappa shape index (κ3) is 3.36. The minimum atomic E-state index is -0.0948. The number of hydrogen-bond acceptors (Lipinski definition) is 2. The van der Waals surface area contributed by atoms with Crippen LogP contribution in [-0.4, -0.2) is 4.57 Å². The summed E-state index contributed by atoms with van der Waals surface area (Å²) < 4.78 is 11.6. The van der Waals surface area contributed by atoms with Gasteiger partial charge in [-0.05, 0) is 88.0 Å². The quantitative estimate of drug-likeness (QED) is 0.186. The number of rotatable bonds is 2. The van der Waals surface area contributed by atoms with Crippen molar-refractivity contribution in [2.24, 2.45) is 0 Å². The van der Waals surface area contributed by atoms with Gasteiger partial charge in [0.25, 0.3) is 0 Å². The van der Waals surface area contributed by atoms with Crippen LogP contribution in [0, 0.1) is 0 Å². The Bertz CT molecular complexity index is 2990. The summed E-state index contributed by atoms with van der Waals surface area (Å²) in [5.41, 5.74) is 13.3. The van der Waals surface area contributed by atoms with Gasteiger partial charge in [-0.2, -0.15) is 0 Å². The van der Waals surface area contributed by atoms with Crippen molar-refractivity contribution in [3.8, 4) is 27.9 Å². The van der Waals surface area contributed by atoms with E-state index < -0.39 is 0 Å². The highest BCUT2D eigenvalue weighted by Gasteiger charge is 2.38. The molecule has 226 valence electrons. The Labute approximate surface area is 281 Å². The Hall–Kier alpha value is -5.64. The highest BCUT2D eigenvalue weighted by Crippen LogP contribution is 2.53. The molecule has 0 aliphatic heterocycles. The van der Waals surface area contributed by atoms with Gasteiger partial charge in [0.1, 0.15) is 11.2 Å². The van der Waals surface area contributed by atoms with E-state index in [1.54, 1.807) is 0 Å². The van der Waals surface area contributed by atoms with E-state index in [4.69, 9.17) is 4.42 Å². The number of furan rings is 1. The van der Waals surface area contributed by atoms with Crippen molar-refractivity contribution in [2.45, 2.75) is 19.3 Å². The zero-order valence-corrected chi connectivity index (χ0v) is 27.4. The highest BCUT2D eigenvalue weighted by molar-refractivity contribution is 7.25. The van der Waals surface area contributed by atoms with E-state index in [1.165, 1.54) is 75.4 Å². The molecule has 1 aliphatic carbocycles. The van der Waals surface area contributed by atoms with Crippen molar-refractivity contribution in [2.75, 3.05) is 0 Å². The van der Waals surface area contributed by atoms with Crippen LogP contribution < -0.4 is 0 Å². The molecule has 0 N–H and O–H groups in total. The molecule has 2 nitrogen and oxygen atoms in total. The van der Waals surface area contributed by atoms with Crippen molar-refractivity contribution in [3.05, 3.63) is 151 Å². The normalized spacial score (nSPS) is 13.8. The summed E-state index contributed by atoms with van der Waals surface area (Å²) in [4.78, 5) is 0. The van der Waals surface area contributed by atoms with E-state index in [1.807, 2.05) is 11.3 Å². The Morgan fingerprint density at radius 3 is 2.25 bits per heavy atom. The van der Waals surface area contributed by atoms with E-state index in [-0.39, 0.29) is 5.41 Å². The van der Waals surface area contributed by atoms with Gasteiger partial charge in [-0.25, -0.2) is 0 Å². The fraction of sp³-hybridized carbons (Fsp3) is 0.0667. The number of thiophene rings is 1. The predicted octanol–water partition coefficient (Wildman–Crippen LogP) is 13.0. The second-order valence-electron chi connectivity index (χ2n) is 13.7. The molecular formula is C45H29NOS. The van der Waals surface area contributed by atoms with Gasteiger partial charge in [0.2, 0.25) is 0 Å². The summed E-state index contributed by atoms with van der Waals surface area (Å²) in [5.74, 6) is 0. The fourth-order valence-electron chi connectivity index (χ4n) is 8.70. The van der Waals surface area contributed by atoms with E-state index in [2.05, 4.69) is 158 Å². The first-order valence-corrected chi connectivity index (χ1v) is 17.4. The summed E-state index contributed by atoms with van der Waals surface area (Å²) in [6.45, 7) is 4.75. The molecule has 7 aromatic carbocycles. The molecule has 0 spiro atoms. The highest BCUT2D eigenvalue weighted by atomic mass is 32.1. The fourth-order valence-corrected chi connectivity index (χ4v) is 9.83. The molecule has 0 atom stereocenters. The summed E-state index contributed by atoms with van der Waals surface area (Å²) in [6, 6.07) is 51.2. The molecular weight excluding hydrogens is 603 g/mol. The van der Waals surface area contributed by atoms with Crippen molar-refractivity contribution < 1.29 is 4.42 Å². The average molecular weight is 632 g/mol. The van der Waals surface area contributed by atoms with Crippen molar-refractivity contribution >= 4 is 75.3 Å². The monoisotopic (exact) mass is 631 g/mol. The van der Waals surface area contributed by atoms with Gasteiger partial charge < -0.3 is 8.98 Å². The van der Waals surface area contributed by atoms with Gasteiger partial charge in [0.15, 0.2) is 0 Å². The lowest BCUT2D eigenvalue weighted by Gasteiger charge is -2.22. The van der Waals surface area contributed by atoms with Gasteiger partial charge in [-0.1, -0.05) is 98.8 Å². The Morgan fingerprint density at radius 1 is 0.521 bits per heavy atom. The molecule has 0 unspecified atom stereocenters. The van der Waals surface area contributed by atoms with E-state index in [0.29, 0.717) is 0 Å². The first kappa shape index (κ1) is 26.4. The summed E-state index contributed by atoms with van der Waals surface area (Å²) >= 11 is 1.86. The summed E-state index contributed by atoms with van der Waals surface area (Å²) in [5, 5.41) is 7.54. The van der Waals surface area contributed by atoms with Gasteiger partial charge in [0, 0.05) is 52.8 Å². The zero-order valence-electron chi connectivity index (χ0n) is 26.5. The second kappa shape index (κ2) is 9.25. The Kier molecular flexibility index (Phi) is 5.09. The molecule has 3 heteroatoms. The first-order chi connectivity index (χ1) is 23.6. The third-order valence-electron chi connectivity index (χ3n) is 10.8. The number of fused-ring (bicyclic) bond motifs is 13. The van der Waals surface area contributed by atoms with Crippen molar-refractivity contribution in [3.63, 3.8) is 0 Å². The van der Waals surface area contributed by atoms with Crippen LogP contribution in [0.5, 0.6) is 0 Å². The molecule has 0 amide bonds. The number of nitrogens with zero attached hydrogens (tertiary/aromatic N) is 1. The molecule has 1 aliphatic rings. The minimum absolute atomic E-state index is 0.0948. The van der Waals surface area contributed by atoms with Crippen LogP contribution in [0.1, 0.15) is 25.0 Å². The lowest BCUT2D eigenvalue weighted by Crippen LogP contribution is -2.15. The second-order valence-corrected chi connectivity index (χ2v) is 14.8. The summed E-state index contributed by atoms with van der Waals surface area (Å²) in [7, 11) is 0. The molecule has 10 aromatic rings. The maximum absolute atomic E-state index is 6.56. The predicted molar refractivity (Wildman–Crippen MR) is 204 cm³/mol. The Balaban J connectivity index is 1.12. The lowest BCUT2D eigenvalue weighted by molar-refractivity contribution is 0.666. The van der Waals surface area contributed by atoms with Gasteiger partial charge >= 0.3 is 0 Å². The largest absolute Gasteiger partial charge is 0.456 e. The van der Waals surface area contributed by atoms with Crippen LogP contribution in [0.4, 0.5) is 0 Å². The number of benzene rings is 7. The standard InChI is InChI=1S/C45H29NOS/c1-45(2)35-14-6-3-10-29(35)31-21-22-37-43(44(31)45)32-11-4-7-15-36(32)46(37)27-19-23-38-34(25-27)30-20-18-26(24-39(30)47-38)28-13-9-17-41-42(28)33-12-5-8-16-40(33)48-41/h3-25H,1-2H3. The van der Waals surface area contributed by atoms with Gasteiger partial charge in [-0.15, -0.1) is 11.3 Å². The maximum Gasteiger partial charge on any atom is 0.136 e. The van der Waals surface area contributed by atoms with Crippen LogP contribution in [0.3, 0.4) is 0 Å². The minimum Gasteiger partial charge on any atom is -0.456 e. The number of aromatic nitrogens is 1. The van der Waals surface area contributed by atoms with Gasteiger partial charge in [0.05, 0.1) is 11.0 Å². The third-order valence-corrected chi connectivity index (χ3v) is 11.9. The molecule has 3 aromatic heterocycles. The topological polar surface area (TPSA) is 18.1 Å². The lowest BCUT2D eigenvalue weighted by atomic mass is 9.80.